The number of aliphatic carboxylic acids is 1. The molecule has 2 unspecified atom stereocenters. The Morgan fingerprint density at radius 2 is 2.06 bits per heavy atom. The van der Waals surface area contributed by atoms with E-state index in [0.29, 0.717) is 13.0 Å². The highest BCUT2D eigenvalue weighted by Crippen LogP contribution is 2.26. The van der Waals surface area contributed by atoms with E-state index in [2.05, 4.69) is 0 Å². The quantitative estimate of drug-likeness (QED) is 0.737. The monoisotopic (exact) mass is 270 g/mol. The van der Waals surface area contributed by atoms with Crippen LogP contribution >= 0.6 is 7.80 Å². The lowest BCUT2D eigenvalue weighted by molar-refractivity contribution is -0.140. The summed E-state index contributed by atoms with van der Waals surface area (Å²) in [7, 11) is -1.97. The van der Waals surface area contributed by atoms with Crippen LogP contribution in [0, 0.1) is 5.92 Å². The molecule has 2 atom stereocenters. The predicted molar refractivity (Wildman–Crippen MR) is 71.6 cm³/mol. The van der Waals surface area contributed by atoms with Crippen molar-refractivity contribution in [3.8, 4) is 0 Å². The van der Waals surface area contributed by atoms with Gasteiger partial charge in [0.2, 0.25) is 0 Å². The van der Waals surface area contributed by atoms with E-state index in [1.165, 1.54) is 0 Å². The number of carboxylic acids is 1. The Hall–Kier alpha value is -1.12. The molecule has 100 valence electrons. The minimum absolute atomic E-state index is 0.180. The smallest absolute Gasteiger partial charge is 0.307 e. The second-order valence-electron chi connectivity index (χ2n) is 4.10. The largest absolute Gasteiger partial charge is 0.481 e. The zero-order valence-corrected chi connectivity index (χ0v) is 11.5. The van der Waals surface area contributed by atoms with Gasteiger partial charge >= 0.3 is 5.97 Å². The average molecular weight is 270 g/mol. The first-order chi connectivity index (χ1) is 8.63. The molecule has 1 N–H and O–H groups in total. The summed E-state index contributed by atoms with van der Waals surface area (Å²) in [5, 5.41) is 9.15. The zero-order chi connectivity index (χ0) is 13.4. The van der Waals surface area contributed by atoms with Crippen molar-refractivity contribution in [3.05, 3.63) is 35.9 Å². The summed E-state index contributed by atoms with van der Waals surface area (Å²) in [5.74, 6) is -1.49. The van der Waals surface area contributed by atoms with Crippen LogP contribution in [0.3, 0.4) is 0 Å². The van der Waals surface area contributed by atoms with Crippen LogP contribution in [0.4, 0.5) is 0 Å². The maximum absolute atomic E-state index is 11.7. The third-order valence-corrected chi connectivity index (χ3v) is 4.09. The van der Waals surface area contributed by atoms with Gasteiger partial charge in [-0.25, -0.2) is 0 Å². The highest BCUT2D eigenvalue weighted by atomic mass is 31.1. The molecule has 0 radical (unpaired) electrons. The number of hydrogen-bond donors (Lipinski definition) is 1. The lowest BCUT2D eigenvalue weighted by atomic mass is 10.0. The molecule has 5 heteroatoms. The van der Waals surface area contributed by atoms with Gasteiger partial charge in [-0.1, -0.05) is 30.3 Å². The Balaban J connectivity index is 2.55. The second kappa shape index (κ2) is 8.06. The molecule has 18 heavy (non-hydrogen) atoms. The summed E-state index contributed by atoms with van der Waals surface area (Å²) in [6.07, 6.45) is 0.799. The molecule has 0 aliphatic carbocycles. The van der Waals surface area contributed by atoms with Gasteiger partial charge in [-0.15, -0.1) is 0 Å². The van der Waals surface area contributed by atoms with Crippen LogP contribution in [0.15, 0.2) is 30.3 Å². The Kier molecular flexibility index (Phi) is 6.69. The highest BCUT2D eigenvalue weighted by molar-refractivity contribution is 7.44. The van der Waals surface area contributed by atoms with Crippen molar-refractivity contribution in [1.29, 1.82) is 0 Å². The van der Waals surface area contributed by atoms with Crippen LogP contribution < -0.4 is 0 Å². The number of ether oxygens (including phenoxy) is 1. The van der Waals surface area contributed by atoms with Gasteiger partial charge in [-0.2, -0.15) is 0 Å². The number of carboxylic acid groups (broad SMARTS) is 1. The van der Waals surface area contributed by atoms with Crippen LogP contribution in [0.2, 0.25) is 0 Å². The molecule has 0 spiro atoms. The predicted octanol–water partition coefficient (Wildman–Crippen LogP) is 2.48. The van der Waals surface area contributed by atoms with Crippen molar-refractivity contribution in [1.82, 2.24) is 0 Å². The van der Waals surface area contributed by atoms with Gasteiger partial charge < -0.3 is 14.4 Å². The van der Waals surface area contributed by atoms with Crippen molar-refractivity contribution < 1.29 is 19.2 Å². The van der Waals surface area contributed by atoms with Gasteiger partial charge in [0, 0.05) is 12.8 Å². The fraction of sp³-hybridized carbons (Fsp3) is 0.462. The van der Waals surface area contributed by atoms with Crippen molar-refractivity contribution in [3.63, 3.8) is 0 Å². The van der Waals surface area contributed by atoms with Crippen LogP contribution in [0.1, 0.15) is 12.5 Å². The Morgan fingerprint density at radius 3 is 2.61 bits per heavy atom. The Labute approximate surface area is 108 Å². The standard InChI is InChI=1S/C13H19O4P/c1-2-17-10-18(16)9-12(13(14)15)8-11-6-4-3-5-7-11/h3-7,12,18H,2,8-10H2,1H3,(H,14,15). The van der Waals surface area contributed by atoms with E-state index in [1.807, 2.05) is 37.3 Å². The molecule has 1 rings (SSSR count). The average Bonchev–Trinajstić information content (AvgIpc) is 2.36. The minimum atomic E-state index is -1.97. The van der Waals surface area contributed by atoms with E-state index in [4.69, 9.17) is 9.84 Å². The van der Waals surface area contributed by atoms with Gasteiger partial charge in [0.15, 0.2) is 0 Å². The first-order valence-electron chi connectivity index (χ1n) is 5.99. The van der Waals surface area contributed by atoms with Crippen molar-refractivity contribution >= 4 is 13.8 Å². The van der Waals surface area contributed by atoms with E-state index in [-0.39, 0.29) is 12.5 Å². The van der Waals surface area contributed by atoms with Crippen LogP contribution in [0.5, 0.6) is 0 Å². The van der Waals surface area contributed by atoms with Gasteiger partial charge in [0.1, 0.15) is 7.80 Å². The fourth-order valence-corrected chi connectivity index (χ4v) is 3.11. The van der Waals surface area contributed by atoms with Crippen molar-refractivity contribution in [2.45, 2.75) is 13.3 Å². The zero-order valence-electron chi connectivity index (χ0n) is 10.5. The minimum Gasteiger partial charge on any atom is -0.481 e. The third-order valence-electron chi connectivity index (χ3n) is 2.62. The molecule has 0 aliphatic rings. The highest BCUT2D eigenvalue weighted by Gasteiger charge is 2.20. The Bertz CT molecular complexity index is 391. The molecular formula is C13H19O4P. The summed E-state index contributed by atoms with van der Waals surface area (Å²) in [5.41, 5.74) is 0.955. The lowest BCUT2D eigenvalue weighted by Gasteiger charge is -2.12. The number of hydrogen-bond acceptors (Lipinski definition) is 3. The lowest BCUT2D eigenvalue weighted by Crippen LogP contribution is -2.19. The maximum atomic E-state index is 11.7. The number of rotatable bonds is 8. The molecule has 0 aromatic heterocycles. The van der Waals surface area contributed by atoms with Crippen LogP contribution in [-0.2, 0) is 20.5 Å². The third kappa shape index (κ3) is 5.48. The molecule has 1 aromatic carbocycles. The first kappa shape index (κ1) is 14.9. The number of carbonyl (C=O) groups is 1. The van der Waals surface area contributed by atoms with Crippen molar-refractivity contribution in [2.24, 2.45) is 5.92 Å². The second-order valence-corrected chi connectivity index (χ2v) is 5.88. The molecule has 0 heterocycles. The maximum Gasteiger partial charge on any atom is 0.307 e. The van der Waals surface area contributed by atoms with Crippen molar-refractivity contribution in [2.75, 3.05) is 19.1 Å². The Morgan fingerprint density at radius 1 is 1.39 bits per heavy atom. The van der Waals surface area contributed by atoms with Gasteiger partial charge in [-0.3, -0.25) is 4.79 Å². The molecular weight excluding hydrogens is 251 g/mol. The van der Waals surface area contributed by atoms with E-state index in [0.717, 1.165) is 5.56 Å². The summed E-state index contributed by atoms with van der Waals surface area (Å²) in [6.45, 7) is 2.33. The summed E-state index contributed by atoms with van der Waals surface area (Å²) in [4.78, 5) is 11.1. The summed E-state index contributed by atoms with van der Waals surface area (Å²) in [6, 6.07) is 9.40. The molecule has 1 aromatic rings. The van der Waals surface area contributed by atoms with Crippen LogP contribution in [0.25, 0.3) is 0 Å². The van der Waals surface area contributed by atoms with E-state index in [1.54, 1.807) is 0 Å². The SMILES string of the molecule is CCOC[PH](=O)CC(Cc1ccccc1)C(=O)O. The molecule has 0 bridgehead atoms. The van der Waals surface area contributed by atoms with Gasteiger partial charge in [-0.05, 0) is 18.9 Å². The summed E-state index contributed by atoms with van der Waals surface area (Å²) < 4.78 is 16.8. The molecule has 0 fully saturated rings. The normalized spacial score (nSPS) is 14.1. The topological polar surface area (TPSA) is 63.6 Å². The van der Waals surface area contributed by atoms with E-state index < -0.39 is 19.7 Å². The van der Waals surface area contributed by atoms with Crippen LogP contribution in [-0.4, -0.2) is 30.2 Å². The fourth-order valence-electron chi connectivity index (χ4n) is 1.70. The molecule has 4 nitrogen and oxygen atoms in total. The first-order valence-corrected chi connectivity index (χ1v) is 7.82. The van der Waals surface area contributed by atoms with Gasteiger partial charge in [0.25, 0.3) is 0 Å². The molecule has 0 aliphatic heterocycles. The van der Waals surface area contributed by atoms with Gasteiger partial charge in [0.05, 0.1) is 12.3 Å². The molecule has 0 saturated carbocycles. The summed E-state index contributed by atoms with van der Waals surface area (Å²) >= 11 is 0. The molecule has 0 saturated heterocycles. The number of benzene rings is 1. The van der Waals surface area contributed by atoms with E-state index >= 15 is 0 Å². The molecule has 0 amide bonds. The van der Waals surface area contributed by atoms with E-state index in [9.17, 15) is 9.36 Å².